The van der Waals surface area contributed by atoms with Gasteiger partial charge in [-0.05, 0) is 62.1 Å². The summed E-state index contributed by atoms with van der Waals surface area (Å²) < 4.78 is 0. The van der Waals surface area contributed by atoms with Crippen molar-refractivity contribution in [1.82, 2.24) is 15.0 Å². The third kappa shape index (κ3) is 3.15. The van der Waals surface area contributed by atoms with Gasteiger partial charge in [0.25, 0.3) is 0 Å². The van der Waals surface area contributed by atoms with E-state index in [1.807, 2.05) is 12.1 Å². The third-order valence-corrected chi connectivity index (χ3v) is 4.39. The van der Waals surface area contributed by atoms with Crippen LogP contribution in [0.15, 0.2) is 42.7 Å². The van der Waals surface area contributed by atoms with Crippen LogP contribution >= 0.6 is 0 Å². The number of benzene rings is 1. The highest BCUT2D eigenvalue weighted by molar-refractivity contribution is 5.75. The second-order valence-electron chi connectivity index (χ2n) is 6.34. The molecule has 1 aromatic carbocycles. The van der Waals surface area contributed by atoms with Gasteiger partial charge in [0, 0.05) is 42.2 Å². The molecule has 5 nitrogen and oxygen atoms in total. The van der Waals surface area contributed by atoms with E-state index in [0.29, 0.717) is 11.6 Å². The minimum Gasteiger partial charge on any atom is -0.371 e. The van der Waals surface area contributed by atoms with E-state index in [-0.39, 0.29) is 0 Å². The maximum Gasteiger partial charge on any atom is 0.229 e. The zero-order chi connectivity index (χ0) is 16.4. The molecule has 1 fully saturated rings. The van der Waals surface area contributed by atoms with Crippen molar-refractivity contribution in [3.05, 3.63) is 48.3 Å². The first kappa shape index (κ1) is 14.9. The Bertz CT molecular complexity index is 855. The molecule has 0 aliphatic carbocycles. The van der Waals surface area contributed by atoms with E-state index in [1.54, 1.807) is 12.4 Å². The molecule has 0 spiro atoms. The first-order chi connectivity index (χ1) is 11.8. The normalized spacial score (nSPS) is 14.8. The molecule has 3 heterocycles. The number of rotatable bonds is 3. The van der Waals surface area contributed by atoms with Crippen molar-refractivity contribution in [3.63, 3.8) is 0 Å². The van der Waals surface area contributed by atoms with E-state index < -0.39 is 0 Å². The largest absolute Gasteiger partial charge is 0.371 e. The quantitative estimate of drug-likeness (QED) is 0.789. The average molecular weight is 319 g/mol. The van der Waals surface area contributed by atoms with Gasteiger partial charge >= 0.3 is 0 Å². The lowest BCUT2D eigenvalue weighted by molar-refractivity contribution is 0.578. The Hall–Kier alpha value is -2.69. The Morgan fingerprint density at radius 3 is 2.79 bits per heavy atom. The summed E-state index contributed by atoms with van der Waals surface area (Å²) in [6.45, 7) is 4.40. The van der Waals surface area contributed by atoms with Crippen molar-refractivity contribution >= 4 is 28.4 Å². The van der Waals surface area contributed by atoms with E-state index >= 15 is 0 Å². The first-order valence-electron chi connectivity index (χ1n) is 8.49. The highest BCUT2D eigenvalue weighted by Gasteiger charge is 2.12. The molecule has 0 amide bonds. The number of aromatic nitrogens is 3. The molecule has 3 aromatic rings. The van der Waals surface area contributed by atoms with Crippen LogP contribution in [-0.4, -0.2) is 28.0 Å². The van der Waals surface area contributed by atoms with Gasteiger partial charge in [0.2, 0.25) is 5.95 Å². The number of hydrogen-bond acceptors (Lipinski definition) is 5. The van der Waals surface area contributed by atoms with Crippen molar-refractivity contribution in [2.75, 3.05) is 23.3 Å². The SMILES string of the molecule is Cc1cc(Nc2ncc3cccnc3n2)cc(N2CCCCC2)c1. The van der Waals surface area contributed by atoms with Gasteiger partial charge in [0.15, 0.2) is 5.65 Å². The van der Waals surface area contributed by atoms with E-state index in [9.17, 15) is 0 Å². The van der Waals surface area contributed by atoms with Crippen LogP contribution < -0.4 is 10.2 Å². The fourth-order valence-electron chi connectivity index (χ4n) is 3.22. The molecule has 5 heteroatoms. The molecule has 1 aliphatic rings. The number of aryl methyl sites for hydroxylation is 1. The number of fused-ring (bicyclic) bond motifs is 1. The minimum atomic E-state index is 0.580. The highest BCUT2D eigenvalue weighted by atomic mass is 15.1. The smallest absolute Gasteiger partial charge is 0.229 e. The molecule has 4 rings (SSSR count). The van der Waals surface area contributed by atoms with Gasteiger partial charge in [0.1, 0.15) is 0 Å². The predicted octanol–water partition coefficient (Wildman–Crippen LogP) is 4.07. The van der Waals surface area contributed by atoms with Crippen LogP contribution in [0.25, 0.3) is 11.0 Å². The summed E-state index contributed by atoms with van der Waals surface area (Å²) in [7, 11) is 0. The standard InChI is InChI=1S/C19H21N5/c1-14-10-16(12-17(11-14)24-8-3-2-4-9-24)22-19-21-13-15-6-5-7-20-18(15)23-19/h5-7,10-13H,2-4,8-9H2,1H3,(H,20,21,22,23). The number of anilines is 3. The third-order valence-electron chi connectivity index (χ3n) is 4.39. The summed E-state index contributed by atoms with van der Waals surface area (Å²) in [5, 5.41) is 4.27. The summed E-state index contributed by atoms with van der Waals surface area (Å²) in [5.74, 6) is 0.580. The van der Waals surface area contributed by atoms with Gasteiger partial charge in [0.05, 0.1) is 0 Å². The number of pyridine rings is 1. The van der Waals surface area contributed by atoms with Crippen LogP contribution in [0.4, 0.5) is 17.3 Å². The number of nitrogens with zero attached hydrogens (tertiary/aromatic N) is 4. The van der Waals surface area contributed by atoms with E-state index in [0.717, 1.165) is 24.2 Å². The minimum absolute atomic E-state index is 0.580. The maximum atomic E-state index is 4.50. The summed E-state index contributed by atoms with van der Waals surface area (Å²) >= 11 is 0. The molecule has 0 bridgehead atoms. The Morgan fingerprint density at radius 1 is 1.04 bits per heavy atom. The van der Waals surface area contributed by atoms with Crippen molar-refractivity contribution in [3.8, 4) is 0 Å². The molecule has 122 valence electrons. The Morgan fingerprint density at radius 2 is 1.92 bits per heavy atom. The number of hydrogen-bond donors (Lipinski definition) is 1. The maximum absolute atomic E-state index is 4.50. The van der Waals surface area contributed by atoms with Crippen LogP contribution in [0.2, 0.25) is 0 Å². The molecular formula is C19H21N5. The molecule has 1 N–H and O–H groups in total. The van der Waals surface area contributed by atoms with Crippen molar-refractivity contribution in [2.24, 2.45) is 0 Å². The zero-order valence-electron chi connectivity index (χ0n) is 13.9. The monoisotopic (exact) mass is 319 g/mol. The van der Waals surface area contributed by atoms with Crippen LogP contribution in [0.1, 0.15) is 24.8 Å². The van der Waals surface area contributed by atoms with Crippen molar-refractivity contribution in [1.29, 1.82) is 0 Å². The Labute approximate surface area is 141 Å². The van der Waals surface area contributed by atoms with Gasteiger partial charge in [-0.1, -0.05) is 0 Å². The zero-order valence-corrected chi connectivity index (χ0v) is 13.9. The van der Waals surface area contributed by atoms with E-state index in [4.69, 9.17) is 0 Å². The fourth-order valence-corrected chi connectivity index (χ4v) is 3.22. The van der Waals surface area contributed by atoms with E-state index in [1.165, 1.54) is 30.5 Å². The van der Waals surface area contributed by atoms with Gasteiger partial charge in [-0.25, -0.2) is 9.97 Å². The Balaban J connectivity index is 1.61. The molecule has 0 saturated carbocycles. The van der Waals surface area contributed by atoms with E-state index in [2.05, 4.69) is 50.3 Å². The second kappa shape index (κ2) is 6.43. The van der Waals surface area contributed by atoms with Crippen molar-refractivity contribution in [2.45, 2.75) is 26.2 Å². The van der Waals surface area contributed by atoms with Crippen molar-refractivity contribution < 1.29 is 0 Å². The molecule has 2 aromatic heterocycles. The number of nitrogens with one attached hydrogen (secondary N) is 1. The van der Waals surface area contributed by atoms with Gasteiger partial charge in [-0.3, -0.25) is 0 Å². The molecule has 1 aliphatic heterocycles. The summed E-state index contributed by atoms with van der Waals surface area (Å²) in [5.41, 5.74) is 4.24. The van der Waals surface area contributed by atoms with Crippen LogP contribution in [0, 0.1) is 6.92 Å². The lowest BCUT2D eigenvalue weighted by Gasteiger charge is -2.29. The molecule has 24 heavy (non-hydrogen) atoms. The fraction of sp³-hybridized carbons (Fsp3) is 0.316. The second-order valence-corrected chi connectivity index (χ2v) is 6.34. The molecule has 0 atom stereocenters. The average Bonchev–Trinajstić information content (AvgIpc) is 2.62. The summed E-state index contributed by atoms with van der Waals surface area (Å²) in [4.78, 5) is 15.6. The summed E-state index contributed by atoms with van der Waals surface area (Å²) in [6, 6.07) is 10.4. The highest BCUT2D eigenvalue weighted by Crippen LogP contribution is 2.26. The Kier molecular flexibility index (Phi) is 3.99. The van der Waals surface area contributed by atoms with Gasteiger partial charge in [-0.2, -0.15) is 4.98 Å². The van der Waals surface area contributed by atoms with Gasteiger partial charge < -0.3 is 10.2 Å². The molecule has 0 unspecified atom stereocenters. The topological polar surface area (TPSA) is 53.9 Å². The van der Waals surface area contributed by atoms with Crippen LogP contribution in [0.5, 0.6) is 0 Å². The van der Waals surface area contributed by atoms with Crippen LogP contribution in [-0.2, 0) is 0 Å². The van der Waals surface area contributed by atoms with Crippen LogP contribution in [0.3, 0.4) is 0 Å². The predicted molar refractivity (Wildman–Crippen MR) is 97.9 cm³/mol. The number of piperidine rings is 1. The molecule has 1 saturated heterocycles. The summed E-state index contributed by atoms with van der Waals surface area (Å²) in [6.07, 6.45) is 7.44. The lowest BCUT2D eigenvalue weighted by Crippen LogP contribution is -2.29. The lowest BCUT2D eigenvalue weighted by atomic mass is 10.1. The molecule has 0 radical (unpaired) electrons. The first-order valence-corrected chi connectivity index (χ1v) is 8.49. The molecular weight excluding hydrogens is 298 g/mol. The van der Waals surface area contributed by atoms with Gasteiger partial charge in [-0.15, -0.1) is 0 Å².